The summed E-state index contributed by atoms with van der Waals surface area (Å²) in [4.78, 5) is 38.2. The van der Waals surface area contributed by atoms with Gasteiger partial charge in [0.15, 0.2) is 12.2 Å². The lowest BCUT2D eigenvalue weighted by atomic mass is 10.1. The van der Waals surface area contributed by atoms with Crippen LogP contribution in [-0.4, -0.2) is 94.8 Å². The Hall–Kier alpha value is -2.91. The number of fused-ring (bicyclic) bond motifs is 3. The van der Waals surface area contributed by atoms with E-state index in [1.165, 1.54) is 10.5 Å². The number of aliphatic imine (C=N–C) groups is 1. The Morgan fingerprint density at radius 1 is 1.03 bits per heavy atom. The van der Waals surface area contributed by atoms with E-state index in [0.717, 1.165) is 17.8 Å². The second-order valence-electron chi connectivity index (χ2n) is 8.29. The van der Waals surface area contributed by atoms with Gasteiger partial charge in [-0.05, 0) is 32.3 Å². The summed E-state index contributed by atoms with van der Waals surface area (Å²) in [7, 11) is 1.71. The molecule has 0 radical (unpaired) electrons. The van der Waals surface area contributed by atoms with Crippen molar-refractivity contribution in [2.75, 3.05) is 40.0 Å². The number of aryl methyl sites for hydroxylation is 1. The molecule has 1 aromatic rings. The number of carbonyl (C=O) groups excluding carboxylic acids is 2. The van der Waals surface area contributed by atoms with Crippen LogP contribution in [0, 0.1) is 0 Å². The standard InChI is InChI=1S/C23H31N5O4/c1-16-17(2)28-19-20(24-22(28)26(16)12-14-32-15-13-29)25(3)23(31)27(21(19)30)11-7-10-18-8-5-4-6-9-18/h4-6,8-9,19-20,29H,7,10-15H2,1-3H3. The first-order valence-corrected chi connectivity index (χ1v) is 11.1. The number of guanidine groups is 1. The van der Waals surface area contributed by atoms with Gasteiger partial charge in [-0.25, -0.2) is 9.79 Å². The summed E-state index contributed by atoms with van der Waals surface area (Å²) in [5.74, 6) is 0.483. The number of rotatable bonds is 9. The van der Waals surface area contributed by atoms with Crippen molar-refractivity contribution < 1.29 is 19.4 Å². The maximum absolute atomic E-state index is 13.5. The Balaban J connectivity index is 1.48. The summed E-state index contributed by atoms with van der Waals surface area (Å²) in [5, 5.41) is 8.92. The van der Waals surface area contributed by atoms with Gasteiger partial charge in [0.25, 0.3) is 5.91 Å². The van der Waals surface area contributed by atoms with E-state index in [0.29, 0.717) is 32.1 Å². The molecule has 1 N–H and O–H groups in total. The van der Waals surface area contributed by atoms with E-state index >= 15 is 0 Å². The lowest BCUT2D eigenvalue weighted by Gasteiger charge is -2.40. The zero-order chi connectivity index (χ0) is 22.8. The van der Waals surface area contributed by atoms with E-state index in [4.69, 9.17) is 14.8 Å². The number of carbonyl (C=O) groups is 2. The number of ether oxygens (including phenoxy) is 1. The number of hydrogen-bond acceptors (Lipinski definition) is 7. The summed E-state index contributed by atoms with van der Waals surface area (Å²) >= 11 is 0. The number of likely N-dealkylation sites (N-methyl/N-ethyl adjacent to an activating group) is 1. The normalized spacial score (nSPS) is 22.7. The van der Waals surface area contributed by atoms with Crippen LogP contribution >= 0.6 is 0 Å². The molecule has 0 aliphatic carbocycles. The van der Waals surface area contributed by atoms with E-state index in [1.54, 1.807) is 11.9 Å². The van der Waals surface area contributed by atoms with Gasteiger partial charge in [0.2, 0.25) is 5.96 Å². The van der Waals surface area contributed by atoms with Gasteiger partial charge >= 0.3 is 6.03 Å². The summed E-state index contributed by atoms with van der Waals surface area (Å²) < 4.78 is 5.43. The molecule has 0 spiro atoms. The summed E-state index contributed by atoms with van der Waals surface area (Å²) in [6.07, 6.45) is 0.975. The first kappa shape index (κ1) is 22.3. The molecule has 0 aromatic heterocycles. The Labute approximate surface area is 188 Å². The van der Waals surface area contributed by atoms with Gasteiger partial charge in [-0.15, -0.1) is 0 Å². The molecular formula is C23H31N5O4. The molecule has 1 fully saturated rings. The van der Waals surface area contributed by atoms with Crippen LogP contribution in [0.4, 0.5) is 4.79 Å². The third kappa shape index (κ3) is 3.86. The summed E-state index contributed by atoms with van der Waals surface area (Å²) in [6.45, 7) is 5.61. The first-order chi connectivity index (χ1) is 15.5. The van der Waals surface area contributed by atoms with Gasteiger partial charge in [0, 0.05) is 31.5 Å². The molecule has 9 nitrogen and oxygen atoms in total. The number of imide groups is 1. The minimum atomic E-state index is -0.553. The van der Waals surface area contributed by atoms with Gasteiger partial charge in [0.05, 0.1) is 19.8 Å². The maximum Gasteiger partial charge on any atom is 0.328 e. The van der Waals surface area contributed by atoms with Crippen molar-refractivity contribution in [3.05, 3.63) is 47.3 Å². The Kier molecular flexibility index (Phi) is 6.48. The number of aliphatic hydroxyl groups is 1. The third-order valence-corrected chi connectivity index (χ3v) is 6.39. The molecule has 3 heterocycles. The highest BCUT2D eigenvalue weighted by Crippen LogP contribution is 2.37. The van der Waals surface area contributed by atoms with Crippen molar-refractivity contribution in [1.29, 1.82) is 0 Å². The van der Waals surface area contributed by atoms with Crippen molar-refractivity contribution in [2.24, 2.45) is 4.99 Å². The number of amides is 3. The molecule has 3 aliphatic rings. The summed E-state index contributed by atoms with van der Waals surface area (Å²) in [5.41, 5.74) is 3.16. The number of hydrogen-bond donors (Lipinski definition) is 1. The minimum absolute atomic E-state index is 0.0212. The minimum Gasteiger partial charge on any atom is -0.394 e. The van der Waals surface area contributed by atoms with E-state index < -0.39 is 12.2 Å². The quantitative estimate of drug-likeness (QED) is 0.584. The largest absolute Gasteiger partial charge is 0.394 e. The molecule has 172 valence electrons. The average Bonchev–Trinajstić information content (AvgIpc) is 3.29. The van der Waals surface area contributed by atoms with Crippen molar-refractivity contribution in [1.82, 2.24) is 19.6 Å². The van der Waals surface area contributed by atoms with Crippen LogP contribution in [0.2, 0.25) is 0 Å². The topological polar surface area (TPSA) is 88.9 Å². The van der Waals surface area contributed by atoms with E-state index in [-0.39, 0.29) is 25.2 Å². The number of urea groups is 1. The van der Waals surface area contributed by atoms with Gasteiger partial charge in [-0.3, -0.25) is 14.6 Å². The fourth-order valence-electron chi connectivity index (χ4n) is 4.56. The van der Waals surface area contributed by atoms with Crippen molar-refractivity contribution in [3.8, 4) is 0 Å². The average molecular weight is 442 g/mol. The molecule has 2 atom stereocenters. The monoisotopic (exact) mass is 441 g/mol. The number of aliphatic hydroxyl groups excluding tert-OH is 1. The van der Waals surface area contributed by atoms with E-state index in [1.807, 2.05) is 41.8 Å². The molecule has 0 bridgehead atoms. The Morgan fingerprint density at radius 3 is 2.50 bits per heavy atom. The molecule has 4 rings (SSSR count). The maximum atomic E-state index is 13.5. The smallest absolute Gasteiger partial charge is 0.328 e. The second kappa shape index (κ2) is 9.30. The Morgan fingerprint density at radius 2 is 1.78 bits per heavy atom. The molecule has 2 unspecified atom stereocenters. The van der Waals surface area contributed by atoms with Gasteiger partial charge in [-0.1, -0.05) is 30.3 Å². The van der Waals surface area contributed by atoms with E-state index in [9.17, 15) is 9.59 Å². The first-order valence-electron chi connectivity index (χ1n) is 11.1. The van der Waals surface area contributed by atoms with Crippen LogP contribution in [0.3, 0.4) is 0 Å². The van der Waals surface area contributed by atoms with Gasteiger partial charge in [0.1, 0.15) is 0 Å². The molecule has 0 saturated carbocycles. The molecule has 1 aromatic carbocycles. The van der Waals surface area contributed by atoms with Gasteiger partial charge < -0.3 is 19.6 Å². The second-order valence-corrected chi connectivity index (χ2v) is 8.29. The lowest BCUT2D eigenvalue weighted by molar-refractivity contribution is -0.136. The fourth-order valence-corrected chi connectivity index (χ4v) is 4.56. The highest BCUT2D eigenvalue weighted by Gasteiger charge is 2.55. The van der Waals surface area contributed by atoms with Gasteiger partial charge in [-0.2, -0.15) is 0 Å². The van der Waals surface area contributed by atoms with Crippen LogP contribution in [-0.2, 0) is 16.0 Å². The van der Waals surface area contributed by atoms with Crippen LogP contribution < -0.4 is 0 Å². The number of allylic oxidation sites excluding steroid dienone is 2. The van der Waals surface area contributed by atoms with Crippen LogP contribution in [0.5, 0.6) is 0 Å². The zero-order valence-electron chi connectivity index (χ0n) is 18.9. The molecule has 3 amide bonds. The Bertz CT molecular complexity index is 932. The molecule has 9 heteroatoms. The summed E-state index contributed by atoms with van der Waals surface area (Å²) in [6, 6.07) is 9.22. The van der Waals surface area contributed by atoms with E-state index in [2.05, 4.69) is 12.1 Å². The van der Waals surface area contributed by atoms with Crippen molar-refractivity contribution >= 4 is 17.9 Å². The predicted octanol–water partition coefficient (Wildman–Crippen LogP) is 1.46. The van der Waals surface area contributed by atoms with Crippen LogP contribution in [0.25, 0.3) is 0 Å². The zero-order valence-corrected chi connectivity index (χ0v) is 18.9. The van der Waals surface area contributed by atoms with Crippen LogP contribution in [0.1, 0.15) is 25.8 Å². The molecule has 3 aliphatic heterocycles. The lowest BCUT2D eigenvalue weighted by Crippen LogP contribution is -2.64. The van der Waals surface area contributed by atoms with Crippen molar-refractivity contribution in [2.45, 2.75) is 38.9 Å². The molecular weight excluding hydrogens is 410 g/mol. The SMILES string of the molecule is CC1=C(C)N2C(=NC3C2C(=O)N(CCCc2ccccc2)C(=O)N3C)N1CCOCCO. The van der Waals surface area contributed by atoms with Crippen molar-refractivity contribution in [3.63, 3.8) is 0 Å². The highest BCUT2D eigenvalue weighted by molar-refractivity contribution is 6.05. The highest BCUT2D eigenvalue weighted by atomic mass is 16.5. The fraction of sp³-hybridized carbons (Fsp3) is 0.522. The number of benzene rings is 1. The van der Waals surface area contributed by atoms with Crippen LogP contribution in [0.15, 0.2) is 46.7 Å². The number of nitrogens with zero attached hydrogens (tertiary/aromatic N) is 5. The predicted molar refractivity (Wildman–Crippen MR) is 119 cm³/mol. The third-order valence-electron chi connectivity index (χ3n) is 6.39. The molecule has 1 saturated heterocycles. The molecule has 32 heavy (non-hydrogen) atoms.